The smallest absolute Gasteiger partial charge is 0.204 e. The van der Waals surface area contributed by atoms with Gasteiger partial charge in [0.1, 0.15) is 0 Å². The third-order valence-electron chi connectivity index (χ3n) is 2.69. The Balaban J connectivity index is 2.83. The van der Waals surface area contributed by atoms with Crippen molar-refractivity contribution >= 4 is 10.9 Å². The molecule has 0 N–H and O–H groups in total. The Kier molecular flexibility index (Phi) is 2.64. The molecule has 1 aromatic heterocycles. The zero-order valence-corrected chi connectivity index (χ0v) is 9.90. The van der Waals surface area contributed by atoms with Gasteiger partial charge >= 0.3 is 0 Å². The molecule has 0 bridgehead atoms. The molecule has 86 valence electrons. The number of fused-ring (bicyclic) bond motifs is 1. The maximum Gasteiger partial charge on any atom is 0.204 e. The van der Waals surface area contributed by atoms with Crippen molar-refractivity contribution in [3.05, 3.63) is 18.3 Å². The topological polar surface area (TPSA) is 32.6 Å². The van der Waals surface area contributed by atoms with Crippen molar-refractivity contribution in [2.24, 2.45) is 7.05 Å². The molecule has 0 saturated carbocycles. The highest BCUT2D eigenvalue weighted by Gasteiger charge is 2.16. The van der Waals surface area contributed by atoms with Crippen LogP contribution < -0.4 is 14.2 Å². The van der Waals surface area contributed by atoms with E-state index in [9.17, 15) is 0 Å². The number of nitrogens with zero attached hydrogens (tertiary/aromatic N) is 1. The molecule has 0 fully saturated rings. The van der Waals surface area contributed by atoms with E-state index in [2.05, 4.69) is 0 Å². The molecule has 0 spiro atoms. The lowest BCUT2D eigenvalue weighted by Gasteiger charge is -2.13. The average molecular weight is 221 g/mol. The first-order valence-electron chi connectivity index (χ1n) is 4.97. The summed E-state index contributed by atoms with van der Waals surface area (Å²) in [7, 11) is 6.83. The maximum atomic E-state index is 5.39. The fourth-order valence-corrected chi connectivity index (χ4v) is 1.89. The van der Waals surface area contributed by atoms with Crippen molar-refractivity contribution in [1.29, 1.82) is 0 Å². The van der Waals surface area contributed by atoms with E-state index in [1.54, 1.807) is 21.3 Å². The molecule has 2 rings (SSSR count). The molecule has 4 heteroatoms. The van der Waals surface area contributed by atoms with Crippen molar-refractivity contribution in [1.82, 2.24) is 4.57 Å². The van der Waals surface area contributed by atoms with Crippen molar-refractivity contribution in [3.63, 3.8) is 0 Å². The lowest BCUT2D eigenvalue weighted by molar-refractivity contribution is 0.327. The van der Waals surface area contributed by atoms with Gasteiger partial charge in [-0.25, -0.2) is 0 Å². The fourth-order valence-electron chi connectivity index (χ4n) is 1.89. The van der Waals surface area contributed by atoms with E-state index in [0.29, 0.717) is 17.2 Å². The predicted molar refractivity (Wildman–Crippen MR) is 62.6 cm³/mol. The number of aromatic nitrogens is 1. The molecule has 0 saturated heterocycles. The summed E-state index contributed by atoms with van der Waals surface area (Å²) < 4.78 is 18.0. The van der Waals surface area contributed by atoms with Gasteiger partial charge in [0.15, 0.2) is 11.5 Å². The summed E-state index contributed by atoms with van der Waals surface area (Å²) in [6.07, 6.45) is 1.98. The van der Waals surface area contributed by atoms with E-state index in [1.165, 1.54) is 0 Å². The molecular formula is C12H15NO3. The number of hydrogen-bond donors (Lipinski definition) is 0. The number of rotatable bonds is 3. The van der Waals surface area contributed by atoms with Gasteiger partial charge in [-0.05, 0) is 6.07 Å². The van der Waals surface area contributed by atoms with Gasteiger partial charge in [-0.15, -0.1) is 0 Å². The second kappa shape index (κ2) is 3.96. The van der Waals surface area contributed by atoms with Crippen molar-refractivity contribution < 1.29 is 14.2 Å². The highest BCUT2D eigenvalue weighted by atomic mass is 16.5. The number of methoxy groups -OCH3 is 3. The van der Waals surface area contributed by atoms with Crippen molar-refractivity contribution in [2.45, 2.75) is 0 Å². The summed E-state index contributed by atoms with van der Waals surface area (Å²) >= 11 is 0. The van der Waals surface area contributed by atoms with E-state index in [-0.39, 0.29) is 0 Å². The third kappa shape index (κ3) is 1.38. The monoisotopic (exact) mass is 221 g/mol. The summed E-state index contributed by atoms with van der Waals surface area (Å²) in [5.41, 5.74) is 1.05. The van der Waals surface area contributed by atoms with E-state index in [4.69, 9.17) is 14.2 Å². The molecule has 0 radical (unpaired) electrons. The van der Waals surface area contributed by atoms with Gasteiger partial charge in [0.25, 0.3) is 0 Å². The van der Waals surface area contributed by atoms with Gasteiger partial charge in [0.2, 0.25) is 5.75 Å². The SMILES string of the molecule is COc1cc2c(ccn2C)c(OC)c1OC. The Morgan fingerprint density at radius 1 is 1.00 bits per heavy atom. The van der Waals surface area contributed by atoms with Crippen LogP contribution >= 0.6 is 0 Å². The molecular weight excluding hydrogens is 206 g/mol. The first-order chi connectivity index (χ1) is 7.72. The lowest BCUT2D eigenvalue weighted by atomic mass is 10.2. The Morgan fingerprint density at radius 2 is 1.69 bits per heavy atom. The van der Waals surface area contributed by atoms with E-state index >= 15 is 0 Å². The molecule has 1 heterocycles. The van der Waals surface area contributed by atoms with Gasteiger partial charge in [0.05, 0.1) is 26.8 Å². The van der Waals surface area contributed by atoms with Crippen molar-refractivity contribution in [3.8, 4) is 17.2 Å². The summed E-state index contributed by atoms with van der Waals surface area (Å²) in [6, 6.07) is 3.94. The molecule has 4 nitrogen and oxygen atoms in total. The standard InChI is InChI=1S/C12H15NO3/c1-13-6-5-8-9(13)7-10(14-2)12(16-4)11(8)15-3/h5-7H,1-4H3. The minimum Gasteiger partial charge on any atom is -0.493 e. The van der Waals surface area contributed by atoms with Crippen LogP contribution in [-0.4, -0.2) is 25.9 Å². The van der Waals surface area contributed by atoms with Gasteiger partial charge in [0, 0.05) is 24.7 Å². The first kappa shape index (κ1) is 10.7. The molecule has 0 aliphatic carbocycles. The van der Waals surface area contributed by atoms with Crippen LogP contribution in [0.1, 0.15) is 0 Å². The van der Waals surface area contributed by atoms with Gasteiger partial charge < -0.3 is 18.8 Å². The molecule has 0 unspecified atom stereocenters. The summed E-state index contributed by atoms with van der Waals surface area (Å²) in [5.74, 6) is 2.01. The van der Waals surface area contributed by atoms with Crippen LogP contribution in [0, 0.1) is 0 Å². The van der Waals surface area contributed by atoms with Crippen LogP contribution in [0.25, 0.3) is 10.9 Å². The van der Waals surface area contributed by atoms with E-state index < -0.39 is 0 Å². The number of hydrogen-bond acceptors (Lipinski definition) is 3. The highest BCUT2D eigenvalue weighted by molar-refractivity contribution is 5.91. The molecule has 0 amide bonds. The maximum absolute atomic E-state index is 5.39. The molecule has 2 aromatic rings. The second-order valence-corrected chi connectivity index (χ2v) is 3.50. The van der Waals surface area contributed by atoms with Crippen LogP contribution in [0.15, 0.2) is 18.3 Å². The largest absolute Gasteiger partial charge is 0.493 e. The van der Waals surface area contributed by atoms with Gasteiger partial charge in [-0.1, -0.05) is 0 Å². The minimum atomic E-state index is 0.628. The normalized spacial score (nSPS) is 10.5. The Hall–Kier alpha value is -1.84. The van der Waals surface area contributed by atoms with Crippen LogP contribution in [0.5, 0.6) is 17.2 Å². The fraction of sp³-hybridized carbons (Fsp3) is 0.333. The predicted octanol–water partition coefficient (Wildman–Crippen LogP) is 2.20. The number of ether oxygens (including phenoxy) is 3. The van der Waals surface area contributed by atoms with Gasteiger partial charge in [-0.3, -0.25) is 0 Å². The summed E-state index contributed by atoms with van der Waals surface area (Å²) in [6.45, 7) is 0. The van der Waals surface area contributed by atoms with E-state index in [0.717, 1.165) is 10.9 Å². The number of aryl methyl sites for hydroxylation is 1. The average Bonchev–Trinajstić information content (AvgIpc) is 2.68. The second-order valence-electron chi connectivity index (χ2n) is 3.50. The zero-order valence-electron chi connectivity index (χ0n) is 9.90. The lowest BCUT2D eigenvalue weighted by Crippen LogP contribution is -1.96. The number of benzene rings is 1. The Morgan fingerprint density at radius 3 is 2.25 bits per heavy atom. The van der Waals surface area contributed by atoms with Crippen LogP contribution in [0.4, 0.5) is 0 Å². The highest BCUT2D eigenvalue weighted by Crippen LogP contribution is 2.43. The molecule has 0 atom stereocenters. The Bertz CT molecular complexity index is 516. The molecule has 1 aromatic carbocycles. The quantitative estimate of drug-likeness (QED) is 0.796. The third-order valence-corrected chi connectivity index (χ3v) is 2.69. The van der Waals surface area contributed by atoms with Crippen LogP contribution in [0.2, 0.25) is 0 Å². The minimum absolute atomic E-state index is 0.628. The summed E-state index contributed by atoms with van der Waals surface area (Å²) in [4.78, 5) is 0. The Labute approximate surface area is 94.3 Å². The molecule has 0 aliphatic heterocycles. The summed E-state index contributed by atoms with van der Waals surface area (Å²) in [5, 5.41) is 1.02. The van der Waals surface area contributed by atoms with E-state index in [1.807, 2.05) is 29.9 Å². The zero-order chi connectivity index (χ0) is 11.7. The molecule has 16 heavy (non-hydrogen) atoms. The first-order valence-corrected chi connectivity index (χ1v) is 4.97. The van der Waals surface area contributed by atoms with Gasteiger partial charge in [-0.2, -0.15) is 0 Å². The van der Waals surface area contributed by atoms with Crippen LogP contribution in [-0.2, 0) is 7.05 Å². The molecule has 0 aliphatic rings. The van der Waals surface area contributed by atoms with Crippen molar-refractivity contribution in [2.75, 3.05) is 21.3 Å². The van der Waals surface area contributed by atoms with Crippen LogP contribution in [0.3, 0.4) is 0 Å².